The molecule has 0 fully saturated rings. The Morgan fingerprint density at radius 1 is 0.882 bits per heavy atom. The van der Waals surface area contributed by atoms with Gasteiger partial charge in [0.2, 0.25) is 0 Å². The van der Waals surface area contributed by atoms with Crippen LogP contribution in [0.4, 0.5) is 17.1 Å². The van der Waals surface area contributed by atoms with Crippen LogP contribution in [-0.2, 0) is 22.4 Å². The van der Waals surface area contributed by atoms with Crippen LogP contribution in [0.15, 0.2) is 12.1 Å². The zero-order chi connectivity index (χ0) is 12.5. The van der Waals surface area contributed by atoms with Gasteiger partial charge in [-0.15, -0.1) is 0 Å². The molecule has 0 aliphatic carbocycles. The molecular weight excluding hydrogens is 423 g/mol. The second kappa shape index (κ2) is 5.34. The third-order valence-electron chi connectivity index (χ3n) is 1.66. The maximum atomic E-state index is 10.4. The molecule has 10 nitrogen and oxygen atoms in total. The van der Waals surface area contributed by atoms with Crippen molar-refractivity contribution in [3.05, 3.63) is 42.5 Å². The van der Waals surface area contributed by atoms with Crippen LogP contribution in [0.5, 0.6) is 5.75 Å². The Labute approximate surface area is 108 Å². The van der Waals surface area contributed by atoms with E-state index in [9.17, 15) is 30.3 Å². The Balaban J connectivity index is 0.00000256. The first-order valence-electron chi connectivity index (χ1n) is 3.64. The summed E-state index contributed by atoms with van der Waals surface area (Å²) in [6.07, 6.45) is 0. The maximum absolute atomic E-state index is 10.4. The molecule has 0 aliphatic rings. The molecule has 0 spiro atoms. The van der Waals surface area contributed by atoms with Gasteiger partial charge >= 0.3 is 11.4 Å². The number of hydrogen-bond acceptors (Lipinski definition) is 7. The Hall–Kier alpha value is -2.04. The first kappa shape index (κ1) is 15.0. The third kappa shape index (κ3) is 2.96. The average molecular weight is 426 g/mol. The van der Waals surface area contributed by atoms with Crippen molar-refractivity contribution in [1.82, 2.24) is 0 Å². The molecule has 0 bridgehead atoms. The van der Waals surface area contributed by atoms with Gasteiger partial charge in [0.1, 0.15) is 0 Å². The number of phenols is 1. The fraction of sp³-hybridized carbons (Fsp3) is 0. The van der Waals surface area contributed by atoms with E-state index in [1.807, 2.05) is 0 Å². The molecule has 1 radical (unpaired) electrons. The molecule has 0 amide bonds. The van der Waals surface area contributed by atoms with Gasteiger partial charge in [0.25, 0.3) is 11.4 Å². The molecule has 0 aliphatic heterocycles. The summed E-state index contributed by atoms with van der Waals surface area (Å²) in [7, 11) is 0. The first-order chi connectivity index (χ1) is 7.34. The predicted molar refractivity (Wildman–Crippen MR) is 48.1 cm³/mol. The summed E-state index contributed by atoms with van der Waals surface area (Å²) in [6.45, 7) is 0. The molecular formula is C6H3AuN3O7. The van der Waals surface area contributed by atoms with Gasteiger partial charge in [-0.05, 0) is 0 Å². The van der Waals surface area contributed by atoms with Crippen LogP contribution in [0, 0.1) is 30.3 Å². The van der Waals surface area contributed by atoms with E-state index in [-0.39, 0.29) is 22.4 Å². The van der Waals surface area contributed by atoms with Crippen LogP contribution >= 0.6 is 0 Å². The summed E-state index contributed by atoms with van der Waals surface area (Å²) in [5.74, 6) is -1.21. The van der Waals surface area contributed by atoms with Gasteiger partial charge in [0.15, 0.2) is 0 Å². The minimum absolute atomic E-state index is 0. The van der Waals surface area contributed by atoms with Crippen molar-refractivity contribution in [3.8, 4) is 5.75 Å². The minimum atomic E-state index is -1.21. The van der Waals surface area contributed by atoms with Gasteiger partial charge in [-0.3, -0.25) is 30.3 Å². The van der Waals surface area contributed by atoms with Gasteiger partial charge in [-0.2, -0.15) is 0 Å². The molecule has 1 rings (SSSR count). The van der Waals surface area contributed by atoms with Crippen molar-refractivity contribution in [2.45, 2.75) is 0 Å². The number of rotatable bonds is 3. The zero-order valence-corrected chi connectivity index (χ0v) is 9.86. The van der Waals surface area contributed by atoms with E-state index >= 15 is 0 Å². The van der Waals surface area contributed by atoms with Crippen molar-refractivity contribution in [2.75, 3.05) is 0 Å². The molecule has 1 aromatic carbocycles. The van der Waals surface area contributed by atoms with E-state index < -0.39 is 37.6 Å². The number of phenolic OH excluding ortho intramolecular Hbond substituents is 1. The number of benzene rings is 1. The maximum Gasteiger partial charge on any atom is 0.324 e. The normalized spacial score (nSPS) is 9.18. The summed E-state index contributed by atoms with van der Waals surface area (Å²) >= 11 is 0. The van der Waals surface area contributed by atoms with E-state index in [4.69, 9.17) is 5.11 Å². The summed E-state index contributed by atoms with van der Waals surface area (Å²) in [5.41, 5.74) is -3.00. The van der Waals surface area contributed by atoms with Crippen LogP contribution in [0.2, 0.25) is 0 Å². The molecule has 0 heterocycles. The second-order valence-electron chi connectivity index (χ2n) is 2.60. The van der Waals surface area contributed by atoms with Crippen molar-refractivity contribution in [1.29, 1.82) is 0 Å². The fourth-order valence-corrected chi connectivity index (χ4v) is 0.974. The summed E-state index contributed by atoms with van der Waals surface area (Å²) in [5, 5.41) is 40.2. The van der Waals surface area contributed by atoms with E-state index in [0.29, 0.717) is 12.1 Å². The van der Waals surface area contributed by atoms with E-state index in [1.54, 1.807) is 0 Å². The molecule has 0 aromatic heterocycles. The second-order valence-corrected chi connectivity index (χ2v) is 2.60. The monoisotopic (exact) mass is 426 g/mol. The molecule has 0 saturated carbocycles. The van der Waals surface area contributed by atoms with Crippen LogP contribution in [0.1, 0.15) is 0 Å². The van der Waals surface area contributed by atoms with E-state index in [1.165, 1.54) is 0 Å². The SMILES string of the molecule is O=[N+]([O-])c1cc([N+](=O)[O-])c(O)c([N+](=O)[O-])c1.[Au]. The van der Waals surface area contributed by atoms with Gasteiger partial charge < -0.3 is 5.11 Å². The Morgan fingerprint density at radius 2 is 1.24 bits per heavy atom. The molecule has 1 aromatic rings. The molecule has 11 heteroatoms. The Kier molecular flexibility index (Phi) is 4.70. The third-order valence-corrected chi connectivity index (χ3v) is 1.66. The summed E-state index contributed by atoms with van der Waals surface area (Å²) in [4.78, 5) is 27.8. The summed E-state index contributed by atoms with van der Waals surface area (Å²) in [6, 6.07) is 0.894. The van der Waals surface area contributed by atoms with Gasteiger partial charge in [-0.25, -0.2) is 0 Å². The molecule has 1 N–H and O–H groups in total. The van der Waals surface area contributed by atoms with Gasteiger partial charge in [0, 0.05) is 22.4 Å². The van der Waals surface area contributed by atoms with Gasteiger partial charge in [-0.1, -0.05) is 0 Å². The quantitative estimate of drug-likeness (QED) is 0.432. The zero-order valence-electron chi connectivity index (χ0n) is 7.69. The largest absolute Gasteiger partial charge is 0.497 e. The number of non-ortho nitro benzene ring substituents is 1. The number of nitro groups is 3. The van der Waals surface area contributed by atoms with E-state index in [2.05, 4.69) is 0 Å². The molecule has 0 unspecified atom stereocenters. The smallest absolute Gasteiger partial charge is 0.324 e. The van der Waals surface area contributed by atoms with Crippen molar-refractivity contribution in [3.63, 3.8) is 0 Å². The topological polar surface area (TPSA) is 150 Å². The van der Waals surface area contributed by atoms with Crippen LogP contribution in [0.25, 0.3) is 0 Å². The molecule has 0 saturated heterocycles. The molecule has 95 valence electrons. The molecule has 17 heavy (non-hydrogen) atoms. The minimum Gasteiger partial charge on any atom is -0.497 e. The van der Waals surface area contributed by atoms with E-state index in [0.717, 1.165) is 0 Å². The van der Waals surface area contributed by atoms with Crippen molar-refractivity contribution < 1.29 is 42.3 Å². The van der Waals surface area contributed by atoms with Gasteiger partial charge in [0.05, 0.1) is 26.9 Å². The van der Waals surface area contributed by atoms with Crippen LogP contribution < -0.4 is 0 Å². The predicted octanol–water partition coefficient (Wildman–Crippen LogP) is 1.11. The van der Waals surface area contributed by atoms with Crippen molar-refractivity contribution in [2.24, 2.45) is 0 Å². The van der Waals surface area contributed by atoms with Crippen LogP contribution in [-0.4, -0.2) is 19.9 Å². The molecule has 0 atom stereocenters. The average Bonchev–Trinajstić information content (AvgIpc) is 2.16. The number of hydrogen-bond donors (Lipinski definition) is 1. The number of nitrogens with zero attached hydrogens (tertiary/aromatic N) is 3. The number of aromatic hydroxyl groups is 1. The van der Waals surface area contributed by atoms with Crippen LogP contribution in [0.3, 0.4) is 0 Å². The van der Waals surface area contributed by atoms with Crippen molar-refractivity contribution >= 4 is 17.1 Å². The number of nitro benzene ring substituents is 3. The summed E-state index contributed by atoms with van der Waals surface area (Å²) < 4.78 is 0. The fourth-order valence-electron chi connectivity index (χ4n) is 0.974. The first-order valence-corrected chi connectivity index (χ1v) is 3.64. The Bertz CT molecular complexity index is 467. The Morgan fingerprint density at radius 3 is 1.47 bits per heavy atom. The standard InChI is InChI=1S/C6H3N3O7.Au/c10-6-4(8(13)14)1-3(7(11)12)2-5(6)9(15)16;/h1-2,10H;.